The summed E-state index contributed by atoms with van der Waals surface area (Å²) in [6, 6.07) is 8.25. The van der Waals surface area contributed by atoms with Crippen molar-refractivity contribution in [2.45, 2.75) is 6.42 Å². The van der Waals surface area contributed by atoms with Gasteiger partial charge in [-0.05, 0) is 29.5 Å². The van der Waals surface area contributed by atoms with Crippen LogP contribution >= 0.6 is 0 Å². The summed E-state index contributed by atoms with van der Waals surface area (Å²) in [4.78, 5) is 14.3. The molecule has 94 valence electrons. The molecule has 2 aromatic rings. The van der Waals surface area contributed by atoms with E-state index in [2.05, 4.69) is 35.1 Å². The SMILES string of the molecule is C=CCOC(=O)NCCc1ccc2cc[nH]c2c1. The van der Waals surface area contributed by atoms with Gasteiger partial charge in [0.05, 0.1) is 0 Å². The van der Waals surface area contributed by atoms with Crippen molar-refractivity contribution in [3.8, 4) is 0 Å². The highest BCUT2D eigenvalue weighted by Gasteiger charge is 2.01. The Morgan fingerprint density at radius 3 is 3.17 bits per heavy atom. The Labute approximate surface area is 106 Å². The standard InChI is InChI=1S/C14H16N2O2/c1-2-9-18-14(17)16-7-5-11-3-4-12-6-8-15-13(12)10-11/h2-4,6,8,10,15H,1,5,7,9H2,(H,16,17). The summed E-state index contributed by atoms with van der Waals surface area (Å²) in [7, 11) is 0. The number of benzene rings is 1. The molecule has 0 saturated carbocycles. The number of aromatic nitrogens is 1. The number of amides is 1. The fourth-order valence-electron chi connectivity index (χ4n) is 1.75. The van der Waals surface area contributed by atoms with Gasteiger partial charge in [-0.2, -0.15) is 0 Å². The fraction of sp³-hybridized carbons (Fsp3) is 0.214. The van der Waals surface area contributed by atoms with Gasteiger partial charge in [0.1, 0.15) is 6.61 Å². The van der Waals surface area contributed by atoms with E-state index in [1.54, 1.807) is 6.08 Å². The van der Waals surface area contributed by atoms with Crippen molar-refractivity contribution in [3.63, 3.8) is 0 Å². The van der Waals surface area contributed by atoms with Crippen LogP contribution in [0.4, 0.5) is 4.79 Å². The molecule has 18 heavy (non-hydrogen) atoms. The van der Waals surface area contributed by atoms with Crippen LogP contribution in [0.3, 0.4) is 0 Å². The van der Waals surface area contributed by atoms with E-state index in [1.165, 1.54) is 10.9 Å². The zero-order chi connectivity index (χ0) is 12.8. The molecule has 0 aliphatic rings. The first-order chi connectivity index (χ1) is 8.79. The molecule has 4 heteroatoms. The quantitative estimate of drug-likeness (QED) is 0.794. The Bertz CT molecular complexity index is 545. The van der Waals surface area contributed by atoms with E-state index in [9.17, 15) is 4.79 Å². The summed E-state index contributed by atoms with van der Waals surface area (Å²) in [6.07, 6.45) is 3.83. The molecule has 1 aromatic heterocycles. The summed E-state index contributed by atoms with van der Waals surface area (Å²) in [5.74, 6) is 0. The molecule has 0 fully saturated rings. The number of H-pyrrole nitrogens is 1. The van der Waals surface area contributed by atoms with Crippen LogP contribution in [-0.2, 0) is 11.2 Å². The average molecular weight is 244 g/mol. The maximum absolute atomic E-state index is 11.2. The third-order valence-corrected chi connectivity index (χ3v) is 2.63. The van der Waals surface area contributed by atoms with Gasteiger partial charge in [-0.25, -0.2) is 4.79 Å². The maximum atomic E-state index is 11.2. The minimum Gasteiger partial charge on any atom is -0.445 e. The molecule has 0 saturated heterocycles. The van der Waals surface area contributed by atoms with E-state index >= 15 is 0 Å². The highest BCUT2D eigenvalue weighted by atomic mass is 16.5. The van der Waals surface area contributed by atoms with Gasteiger partial charge in [0.15, 0.2) is 0 Å². The van der Waals surface area contributed by atoms with Crippen molar-refractivity contribution >= 4 is 17.0 Å². The number of hydrogen-bond donors (Lipinski definition) is 2. The molecule has 2 rings (SSSR count). The molecule has 0 unspecified atom stereocenters. The van der Waals surface area contributed by atoms with Crippen molar-refractivity contribution in [1.29, 1.82) is 0 Å². The second kappa shape index (κ2) is 5.91. The topological polar surface area (TPSA) is 54.1 Å². The number of carbonyl (C=O) groups is 1. The van der Waals surface area contributed by atoms with Crippen molar-refractivity contribution in [2.24, 2.45) is 0 Å². The Morgan fingerprint density at radius 2 is 2.33 bits per heavy atom. The molecule has 1 heterocycles. The Kier molecular flexibility index (Phi) is 4.02. The van der Waals surface area contributed by atoms with Gasteiger partial charge >= 0.3 is 6.09 Å². The van der Waals surface area contributed by atoms with E-state index in [-0.39, 0.29) is 6.61 Å². The van der Waals surface area contributed by atoms with Gasteiger partial charge in [0.25, 0.3) is 0 Å². The highest BCUT2D eigenvalue weighted by Crippen LogP contribution is 2.14. The molecule has 0 spiro atoms. The first kappa shape index (κ1) is 12.2. The van der Waals surface area contributed by atoms with Crippen LogP contribution in [0, 0.1) is 0 Å². The van der Waals surface area contributed by atoms with Crippen molar-refractivity contribution < 1.29 is 9.53 Å². The molecule has 1 aromatic carbocycles. The molecule has 2 N–H and O–H groups in total. The number of fused-ring (bicyclic) bond motifs is 1. The first-order valence-electron chi connectivity index (χ1n) is 5.87. The average Bonchev–Trinajstić information content (AvgIpc) is 2.83. The number of ether oxygens (including phenoxy) is 1. The van der Waals surface area contributed by atoms with Gasteiger partial charge in [-0.3, -0.25) is 0 Å². The van der Waals surface area contributed by atoms with Gasteiger partial charge in [-0.1, -0.05) is 24.8 Å². The summed E-state index contributed by atoms with van der Waals surface area (Å²) in [5, 5.41) is 3.88. The number of carbonyl (C=O) groups excluding carboxylic acids is 1. The van der Waals surface area contributed by atoms with E-state index in [1.807, 2.05) is 12.3 Å². The van der Waals surface area contributed by atoms with E-state index < -0.39 is 6.09 Å². The van der Waals surface area contributed by atoms with Crippen LogP contribution in [-0.4, -0.2) is 24.2 Å². The smallest absolute Gasteiger partial charge is 0.407 e. The lowest BCUT2D eigenvalue weighted by atomic mass is 10.1. The molecule has 0 atom stereocenters. The predicted molar refractivity (Wildman–Crippen MR) is 71.6 cm³/mol. The number of aromatic amines is 1. The van der Waals surface area contributed by atoms with Gasteiger partial charge in [-0.15, -0.1) is 0 Å². The predicted octanol–water partition coefficient (Wildman–Crippen LogP) is 2.62. The van der Waals surface area contributed by atoms with E-state index in [0.29, 0.717) is 6.54 Å². The monoisotopic (exact) mass is 244 g/mol. The summed E-state index contributed by atoms with van der Waals surface area (Å²) in [5.41, 5.74) is 2.29. The van der Waals surface area contributed by atoms with Gasteiger partial charge < -0.3 is 15.0 Å². The normalized spacial score (nSPS) is 10.2. The third-order valence-electron chi connectivity index (χ3n) is 2.63. The minimum atomic E-state index is -0.407. The molecule has 0 radical (unpaired) electrons. The minimum absolute atomic E-state index is 0.236. The summed E-state index contributed by atoms with van der Waals surface area (Å²) in [6.45, 7) is 4.27. The van der Waals surface area contributed by atoms with Gasteiger partial charge in [0, 0.05) is 18.3 Å². The second-order valence-electron chi connectivity index (χ2n) is 3.96. The molecule has 0 bridgehead atoms. The number of nitrogens with one attached hydrogen (secondary N) is 2. The summed E-state index contributed by atoms with van der Waals surface area (Å²) < 4.78 is 4.81. The van der Waals surface area contributed by atoms with Crippen LogP contribution in [0.25, 0.3) is 10.9 Å². The lowest BCUT2D eigenvalue weighted by Crippen LogP contribution is -2.26. The number of hydrogen-bond acceptors (Lipinski definition) is 2. The number of alkyl carbamates (subject to hydrolysis) is 1. The van der Waals surface area contributed by atoms with Crippen LogP contribution < -0.4 is 5.32 Å². The van der Waals surface area contributed by atoms with Crippen LogP contribution in [0.15, 0.2) is 43.1 Å². The molecule has 0 aliphatic carbocycles. The Hall–Kier alpha value is -2.23. The van der Waals surface area contributed by atoms with Crippen molar-refractivity contribution in [2.75, 3.05) is 13.2 Å². The van der Waals surface area contributed by atoms with E-state index in [0.717, 1.165) is 11.9 Å². The molecule has 4 nitrogen and oxygen atoms in total. The Morgan fingerprint density at radius 1 is 1.44 bits per heavy atom. The fourth-order valence-corrected chi connectivity index (χ4v) is 1.75. The van der Waals surface area contributed by atoms with Crippen molar-refractivity contribution in [3.05, 3.63) is 48.7 Å². The summed E-state index contributed by atoms with van der Waals surface area (Å²) >= 11 is 0. The highest BCUT2D eigenvalue weighted by molar-refractivity contribution is 5.79. The van der Waals surface area contributed by atoms with Crippen LogP contribution in [0.2, 0.25) is 0 Å². The second-order valence-corrected chi connectivity index (χ2v) is 3.96. The van der Waals surface area contributed by atoms with E-state index in [4.69, 9.17) is 4.74 Å². The lowest BCUT2D eigenvalue weighted by Gasteiger charge is -2.05. The zero-order valence-corrected chi connectivity index (χ0v) is 10.1. The third kappa shape index (κ3) is 3.13. The molecule has 1 amide bonds. The Balaban J connectivity index is 1.82. The lowest BCUT2D eigenvalue weighted by molar-refractivity contribution is 0.158. The zero-order valence-electron chi connectivity index (χ0n) is 10.1. The largest absolute Gasteiger partial charge is 0.445 e. The van der Waals surface area contributed by atoms with Crippen LogP contribution in [0.5, 0.6) is 0 Å². The molecular formula is C14H16N2O2. The molecular weight excluding hydrogens is 228 g/mol. The van der Waals surface area contributed by atoms with Gasteiger partial charge in [0.2, 0.25) is 0 Å². The first-order valence-corrected chi connectivity index (χ1v) is 5.87. The van der Waals surface area contributed by atoms with Crippen LogP contribution in [0.1, 0.15) is 5.56 Å². The molecule has 0 aliphatic heterocycles. The van der Waals surface area contributed by atoms with Crippen molar-refractivity contribution in [1.82, 2.24) is 10.3 Å². The number of rotatable bonds is 5. The maximum Gasteiger partial charge on any atom is 0.407 e.